The Morgan fingerprint density at radius 3 is 1.33 bits per heavy atom. The molecule has 0 amide bonds. The number of fused-ring (bicyclic) bond motifs is 11. The Morgan fingerprint density at radius 1 is 0.292 bits per heavy atom. The van der Waals surface area contributed by atoms with Gasteiger partial charge in [0.05, 0.1) is 0 Å². The van der Waals surface area contributed by atoms with Crippen LogP contribution in [0.25, 0.3) is 76.9 Å². The van der Waals surface area contributed by atoms with Gasteiger partial charge in [0.2, 0.25) is 0 Å². The normalized spacial score (nSPS) is 13.1. The molecule has 0 atom stereocenters. The molecule has 338 valence electrons. The molecule has 0 bridgehead atoms. The van der Waals surface area contributed by atoms with E-state index in [4.69, 9.17) is 13.3 Å². The van der Waals surface area contributed by atoms with Crippen LogP contribution < -0.4 is 30.5 Å². The number of nitrogens with zero attached hydrogens (tertiary/aromatic N) is 2. The lowest BCUT2D eigenvalue weighted by Crippen LogP contribution is -2.77. The zero-order valence-corrected chi connectivity index (χ0v) is 39.9. The Labute approximate surface area is 415 Å². The SMILES string of the molecule is c1ccc(-c2ccc(N(c3ccc4c(c3)[Si](c3ccc5c(c3)oc3ccccc35)(c3ccc5c(c3)oc3ccccc35)c3ccccc3N4c3ccccc3)c3ccc4c(c3)oc3ccccc34)cc2)cc1. The molecular formula is C66H42N2O3Si. The average molecular weight is 939 g/mol. The fourth-order valence-corrected chi connectivity index (χ4v) is 16.8. The predicted molar refractivity (Wildman–Crippen MR) is 300 cm³/mol. The van der Waals surface area contributed by atoms with Gasteiger partial charge in [0.1, 0.15) is 33.5 Å². The first kappa shape index (κ1) is 40.5. The van der Waals surface area contributed by atoms with Crippen molar-refractivity contribution < 1.29 is 13.3 Å². The molecule has 11 aromatic carbocycles. The summed E-state index contributed by atoms with van der Waals surface area (Å²) in [6.45, 7) is 0. The highest BCUT2D eigenvalue weighted by Gasteiger charge is 2.50. The molecule has 0 unspecified atom stereocenters. The molecule has 0 radical (unpaired) electrons. The summed E-state index contributed by atoms with van der Waals surface area (Å²) in [5, 5.41) is 11.5. The molecule has 1 aliphatic rings. The number of anilines is 6. The van der Waals surface area contributed by atoms with E-state index >= 15 is 0 Å². The second kappa shape index (κ2) is 15.8. The van der Waals surface area contributed by atoms with Gasteiger partial charge in [-0.3, -0.25) is 0 Å². The van der Waals surface area contributed by atoms with Gasteiger partial charge in [-0.25, -0.2) is 0 Å². The van der Waals surface area contributed by atoms with Crippen molar-refractivity contribution in [1.82, 2.24) is 0 Å². The van der Waals surface area contributed by atoms with Crippen LogP contribution in [-0.2, 0) is 0 Å². The summed E-state index contributed by atoms with van der Waals surface area (Å²) in [4.78, 5) is 4.84. The van der Waals surface area contributed by atoms with E-state index in [0.29, 0.717) is 0 Å². The van der Waals surface area contributed by atoms with E-state index in [1.165, 1.54) is 26.3 Å². The summed E-state index contributed by atoms with van der Waals surface area (Å²) < 4.78 is 20.2. The largest absolute Gasteiger partial charge is 0.456 e. The molecule has 72 heavy (non-hydrogen) atoms. The first-order valence-electron chi connectivity index (χ1n) is 24.5. The topological polar surface area (TPSA) is 45.9 Å². The van der Waals surface area contributed by atoms with Crippen LogP contribution in [0.15, 0.2) is 268 Å². The lowest BCUT2D eigenvalue weighted by molar-refractivity contribution is 0.668. The molecule has 3 aromatic heterocycles. The van der Waals surface area contributed by atoms with Crippen LogP contribution in [0.5, 0.6) is 0 Å². The summed E-state index contributed by atoms with van der Waals surface area (Å²) in [6, 6.07) is 92.1. The van der Waals surface area contributed by atoms with Gasteiger partial charge in [0, 0.05) is 72.5 Å². The van der Waals surface area contributed by atoms with E-state index in [-0.39, 0.29) is 0 Å². The number of hydrogen-bond acceptors (Lipinski definition) is 5. The molecule has 0 spiro atoms. The summed E-state index contributed by atoms with van der Waals surface area (Å²) in [5.41, 5.74) is 13.9. The lowest BCUT2D eigenvalue weighted by Gasteiger charge is -2.45. The second-order valence-electron chi connectivity index (χ2n) is 18.8. The number of rotatable bonds is 7. The van der Waals surface area contributed by atoms with E-state index in [2.05, 4.69) is 240 Å². The Bertz CT molecular complexity index is 4310. The average Bonchev–Trinajstić information content (AvgIpc) is 4.14. The van der Waals surface area contributed by atoms with Gasteiger partial charge in [0.15, 0.2) is 8.07 Å². The van der Waals surface area contributed by atoms with Gasteiger partial charge in [-0.2, -0.15) is 0 Å². The van der Waals surface area contributed by atoms with Gasteiger partial charge < -0.3 is 23.1 Å². The maximum Gasteiger partial charge on any atom is 0.184 e. The Kier molecular flexibility index (Phi) is 8.91. The Balaban J connectivity index is 1.04. The van der Waals surface area contributed by atoms with Gasteiger partial charge in [0.25, 0.3) is 0 Å². The van der Waals surface area contributed by atoms with Crippen molar-refractivity contribution in [2.45, 2.75) is 0 Å². The fourth-order valence-electron chi connectivity index (χ4n) is 11.7. The van der Waals surface area contributed by atoms with Crippen molar-refractivity contribution in [3.05, 3.63) is 255 Å². The summed E-state index contributed by atoms with van der Waals surface area (Å²) in [6.07, 6.45) is 0. The smallest absolute Gasteiger partial charge is 0.184 e. The van der Waals surface area contributed by atoms with E-state index < -0.39 is 8.07 Å². The number of furan rings is 3. The van der Waals surface area contributed by atoms with Crippen LogP contribution in [0.2, 0.25) is 0 Å². The number of benzene rings is 11. The highest BCUT2D eigenvalue weighted by atomic mass is 28.3. The van der Waals surface area contributed by atoms with Gasteiger partial charge >= 0.3 is 0 Å². The fraction of sp³-hybridized carbons (Fsp3) is 0. The van der Waals surface area contributed by atoms with E-state index in [9.17, 15) is 0 Å². The van der Waals surface area contributed by atoms with Gasteiger partial charge in [-0.15, -0.1) is 0 Å². The summed E-state index contributed by atoms with van der Waals surface area (Å²) in [7, 11) is -3.39. The second-order valence-corrected chi connectivity index (χ2v) is 22.5. The Hall–Kier alpha value is -9.36. The molecule has 6 heteroatoms. The van der Waals surface area contributed by atoms with Gasteiger partial charge in [-0.05, 0) is 123 Å². The minimum atomic E-state index is -3.39. The summed E-state index contributed by atoms with van der Waals surface area (Å²) in [5.74, 6) is 0. The zero-order valence-electron chi connectivity index (χ0n) is 38.9. The molecule has 1 aliphatic heterocycles. The highest BCUT2D eigenvalue weighted by Crippen LogP contribution is 2.44. The van der Waals surface area contributed by atoms with Crippen molar-refractivity contribution in [2.24, 2.45) is 0 Å². The van der Waals surface area contributed by atoms with Crippen LogP contribution in [0, 0.1) is 0 Å². The standard InChI is InChI=1S/C66H42N2O3Si/c1-3-15-43(16-4-1)44-27-29-46(30-28-44)67(47-31-35-54-51-19-7-11-23-59(51)69-62(54)39-47)48-32-38-58-66(40-48)72(49-33-36-55-52-20-8-12-24-60(52)70-63(55)41-49,50-34-37-56-53-21-9-13-25-61(53)71-64(56)42-50)65-26-14-10-22-57(65)68(58)45-17-5-2-6-18-45/h1-42H. The molecule has 0 N–H and O–H groups in total. The van der Waals surface area contributed by atoms with Crippen molar-refractivity contribution >= 4 is 129 Å². The van der Waals surface area contributed by atoms with Crippen molar-refractivity contribution in [3.63, 3.8) is 0 Å². The molecule has 5 nitrogen and oxygen atoms in total. The minimum Gasteiger partial charge on any atom is -0.456 e. The lowest BCUT2D eigenvalue weighted by atomic mass is 10.0. The Morgan fingerprint density at radius 2 is 0.722 bits per heavy atom. The predicted octanol–water partition coefficient (Wildman–Crippen LogP) is 15.7. The van der Waals surface area contributed by atoms with Crippen molar-refractivity contribution in [3.8, 4) is 11.1 Å². The third kappa shape index (κ3) is 6.06. The van der Waals surface area contributed by atoms with Crippen molar-refractivity contribution in [2.75, 3.05) is 9.80 Å². The molecule has 14 aromatic rings. The van der Waals surface area contributed by atoms with Crippen LogP contribution >= 0.6 is 0 Å². The van der Waals surface area contributed by atoms with E-state index in [1.807, 2.05) is 24.3 Å². The molecule has 0 aliphatic carbocycles. The molecule has 0 saturated carbocycles. The van der Waals surface area contributed by atoms with E-state index in [0.717, 1.165) is 106 Å². The molecule has 4 heterocycles. The summed E-state index contributed by atoms with van der Waals surface area (Å²) >= 11 is 0. The first-order valence-corrected chi connectivity index (χ1v) is 26.5. The van der Waals surface area contributed by atoms with Crippen molar-refractivity contribution in [1.29, 1.82) is 0 Å². The third-order valence-electron chi connectivity index (χ3n) is 14.9. The molecule has 15 rings (SSSR count). The van der Waals surface area contributed by atoms with Crippen LogP contribution in [0.3, 0.4) is 0 Å². The maximum absolute atomic E-state index is 6.79. The van der Waals surface area contributed by atoms with E-state index in [1.54, 1.807) is 0 Å². The third-order valence-corrected chi connectivity index (χ3v) is 19.7. The zero-order chi connectivity index (χ0) is 47.3. The highest BCUT2D eigenvalue weighted by molar-refractivity contribution is 7.21. The minimum absolute atomic E-state index is 0.837. The van der Waals surface area contributed by atoms with Crippen LogP contribution in [-0.4, -0.2) is 8.07 Å². The van der Waals surface area contributed by atoms with Crippen LogP contribution in [0.4, 0.5) is 34.1 Å². The monoisotopic (exact) mass is 938 g/mol. The number of para-hydroxylation sites is 5. The number of hydrogen-bond donors (Lipinski definition) is 0. The van der Waals surface area contributed by atoms with Crippen LogP contribution in [0.1, 0.15) is 0 Å². The molecule has 0 fully saturated rings. The molecule has 0 saturated heterocycles. The molecular weight excluding hydrogens is 897 g/mol. The quantitative estimate of drug-likeness (QED) is 0.149. The van der Waals surface area contributed by atoms with Gasteiger partial charge in [-0.1, -0.05) is 158 Å². The maximum atomic E-state index is 6.79. The first-order chi connectivity index (χ1) is 35.7.